The molecule has 0 aliphatic rings. The molecule has 3 aromatic rings. The number of carbonyl (C=O) groups excluding carboxylic acids is 1. The summed E-state index contributed by atoms with van der Waals surface area (Å²) in [6.45, 7) is 0.943. The van der Waals surface area contributed by atoms with Gasteiger partial charge in [0, 0.05) is 18.7 Å². The highest BCUT2D eigenvalue weighted by Crippen LogP contribution is 2.23. The predicted molar refractivity (Wildman–Crippen MR) is 82.8 cm³/mol. The van der Waals surface area contributed by atoms with Gasteiger partial charge in [0.25, 0.3) is 5.91 Å². The Balaban J connectivity index is 2.06. The Bertz CT molecular complexity index is 780. The summed E-state index contributed by atoms with van der Waals surface area (Å²) in [5.74, 6) is -0.0782. The number of amides is 1. The van der Waals surface area contributed by atoms with Gasteiger partial charge >= 0.3 is 0 Å². The van der Waals surface area contributed by atoms with Gasteiger partial charge in [0.1, 0.15) is 0 Å². The maximum atomic E-state index is 11.9. The van der Waals surface area contributed by atoms with Crippen LogP contribution in [0.4, 0.5) is 0 Å². The van der Waals surface area contributed by atoms with Gasteiger partial charge in [-0.3, -0.25) is 4.79 Å². The normalized spacial score (nSPS) is 10.8. The second-order valence-electron chi connectivity index (χ2n) is 4.81. The highest BCUT2D eigenvalue weighted by atomic mass is 16.1. The molecule has 0 fully saturated rings. The van der Waals surface area contributed by atoms with Crippen molar-refractivity contribution in [2.24, 2.45) is 5.73 Å². The second kappa shape index (κ2) is 5.31. The van der Waals surface area contributed by atoms with E-state index in [1.54, 1.807) is 0 Å². The molecule has 0 atom stereocenters. The molecule has 0 spiro atoms. The number of hydrogen-bond acceptors (Lipinski definition) is 2. The standard InChI is InChI=1S/C17H16N2O/c18-7-8-19-17(20)15-6-5-14-9-12-3-1-2-4-13(12)10-16(14)11-15/h1-6,9-11H,7-8,18H2,(H,19,20). The lowest BCUT2D eigenvalue weighted by Gasteiger charge is -2.06. The monoisotopic (exact) mass is 264 g/mol. The van der Waals surface area contributed by atoms with E-state index in [4.69, 9.17) is 5.73 Å². The molecule has 100 valence electrons. The van der Waals surface area contributed by atoms with Crippen LogP contribution < -0.4 is 11.1 Å². The van der Waals surface area contributed by atoms with Gasteiger partial charge < -0.3 is 11.1 Å². The molecule has 0 aromatic heterocycles. The topological polar surface area (TPSA) is 55.1 Å². The Morgan fingerprint density at radius 1 is 0.900 bits per heavy atom. The first-order chi connectivity index (χ1) is 9.78. The van der Waals surface area contributed by atoms with Gasteiger partial charge in [-0.05, 0) is 45.8 Å². The van der Waals surface area contributed by atoms with Crippen molar-refractivity contribution in [1.82, 2.24) is 5.32 Å². The average Bonchev–Trinajstić information content (AvgIpc) is 2.50. The summed E-state index contributed by atoms with van der Waals surface area (Å²) in [7, 11) is 0. The summed E-state index contributed by atoms with van der Waals surface area (Å²) in [5, 5.41) is 7.39. The first kappa shape index (κ1) is 12.6. The van der Waals surface area contributed by atoms with Gasteiger partial charge in [-0.1, -0.05) is 30.3 Å². The van der Waals surface area contributed by atoms with Crippen LogP contribution in [-0.2, 0) is 0 Å². The number of benzene rings is 3. The number of hydrogen-bond donors (Lipinski definition) is 2. The van der Waals surface area contributed by atoms with Crippen LogP contribution in [0.5, 0.6) is 0 Å². The molecule has 3 nitrogen and oxygen atoms in total. The highest BCUT2D eigenvalue weighted by Gasteiger charge is 2.06. The Hall–Kier alpha value is -2.39. The van der Waals surface area contributed by atoms with Crippen molar-refractivity contribution in [3.8, 4) is 0 Å². The zero-order chi connectivity index (χ0) is 13.9. The zero-order valence-corrected chi connectivity index (χ0v) is 11.1. The summed E-state index contributed by atoms with van der Waals surface area (Å²) in [6.07, 6.45) is 0. The molecular formula is C17H16N2O. The molecule has 1 amide bonds. The minimum absolute atomic E-state index is 0.0782. The Kier molecular flexibility index (Phi) is 3.35. The maximum absolute atomic E-state index is 11.9. The van der Waals surface area contributed by atoms with Crippen LogP contribution in [0.3, 0.4) is 0 Å². The van der Waals surface area contributed by atoms with Gasteiger partial charge in [0.15, 0.2) is 0 Å². The van der Waals surface area contributed by atoms with Crippen molar-refractivity contribution in [2.45, 2.75) is 0 Å². The van der Waals surface area contributed by atoms with E-state index in [1.165, 1.54) is 10.8 Å². The molecule has 3 heteroatoms. The molecule has 3 rings (SSSR count). The lowest BCUT2D eigenvalue weighted by atomic mass is 10.0. The van der Waals surface area contributed by atoms with Gasteiger partial charge in [-0.15, -0.1) is 0 Å². The van der Waals surface area contributed by atoms with Crippen LogP contribution >= 0.6 is 0 Å². The van der Waals surface area contributed by atoms with Gasteiger partial charge in [-0.2, -0.15) is 0 Å². The number of fused-ring (bicyclic) bond motifs is 2. The third-order valence-corrected chi connectivity index (χ3v) is 3.40. The van der Waals surface area contributed by atoms with Gasteiger partial charge in [-0.25, -0.2) is 0 Å². The molecule has 0 aliphatic heterocycles. The van der Waals surface area contributed by atoms with Crippen LogP contribution in [0.15, 0.2) is 54.6 Å². The number of carbonyl (C=O) groups is 1. The third kappa shape index (κ3) is 2.36. The minimum Gasteiger partial charge on any atom is -0.351 e. The van der Waals surface area contributed by atoms with Gasteiger partial charge in [0.05, 0.1) is 0 Å². The summed E-state index contributed by atoms with van der Waals surface area (Å²) in [6, 6.07) is 18.2. The molecule has 0 aliphatic carbocycles. The van der Waals surface area contributed by atoms with E-state index in [9.17, 15) is 4.79 Å². The molecule has 3 N–H and O–H groups in total. The van der Waals surface area contributed by atoms with E-state index < -0.39 is 0 Å². The lowest BCUT2D eigenvalue weighted by molar-refractivity contribution is 0.0955. The summed E-state index contributed by atoms with van der Waals surface area (Å²) < 4.78 is 0. The zero-order valence-electron chi connectivity index (χ0n) is 11.1. The fraction of sp³-hybridized carbons (Fsp3) is 0.118. The van der Waals surface area contributed by atoms with Crippen LogP contribution in [0.1, 0.15) is 10.4 Å². The molecular weight excluding hydrogens is 248 g/mol. The smallest absolute Gasteiger partial charge is 0.251 e. The van der Waals surface area contributed by atoms with E-state index in [1.807, 2.05) is 30.3 Å². The van der Waals surface area contributed by atoms with Crippen LogP contribution in [-0.4, -0.2) is 19.0 Å². The highest BCUT2D eigenvalue weighted by molar-refractivity contribution is 6.02. The Labute approximate surface area is 117 Å². The van der Waals surface area contributed by atoms with Crippen molar-refractivity contribution in [3.63, 3.8) is 0 Å². The Morgan fingerprint density at radius 3 is 2.25 bits per heavy atom. The number of nitrogens with one attached hydrogen (secondary N) is 1. The fourth-order valence-corrected chi connectivity index (χ4v) is 2.37. The van der Waals surface area contributed by atoms with Crippen molar-refractivity contribution < 1.29 is 4.79 Å². The molecule has 0 heterocycles. The quantitative estimate of drug-likeness (QED) is 0.715. The van der Waals surface area contributed by atoms with E-state index in [2.05, 4.69) is 29.6 Å². The number of rotatable bonds is 3. The first-order valence-corrected chi connectivity index (χ1v) is 6.69. The molecule has 0 radical (unpaired) electrons. The maximum Gasteiger partial charge on any atom is 0.251 e. The van der Waals surface area contributed by atoms with E-state index in [0.717, 1.165) is 10.8 Å². The fourth-order valence-electron chi connectivity index (χ4n) is 2.37. The van der Waals surface area contributed by atoms with Crippen molar-refractivity contribution >= 4 is 27.5 Å². The van der Waals surface area contributed by atoms with Gasteiger partial charge in [0.2, 0.25) is 0 Å². The van der Waals surface area contributed by atoms with Crippen molar-refractivity contribution in [2.75, 3.05) is 13.1 Å². The first-order valence-electron chi connectivity index (χ1n) is 6.69. The van der Waals surface area contributed by atoms with Crippen LogP contribution in [0.2, 0.25) is 0 Å². The molecule has 0 unspecified atom stereocenters. The second-order valence-corrected chi connectivity index (χ2v) is 4.81. The van der Waals surface area contributed by atoms with E-state index >= 15 is 0 Å². The summed E-state index contributed by atoms with van der Waals surface area (Å²) >= 11 is 0. The van der Waals surface area contributed by atoms with Crippen molar-refractivity contribution in [1.29, 1.82) is 0 Å². The SMILES string of the molecule is NCCNC(=O)c1ccc2cc3ccccc3cc2c1. The van der Waals surface area contributed by atoms with Crippen LogP contribution in [0, 0.1) is 0 Å². The van der Waals surface area contributed by atoms with Crippen molar-refractivity contribution in [3.05, 3.63) is 60.2 Å². The van der Waals surface area contributed by atoms with E-state index in [-0.39, 0.29) is 5.91 Å². The summed E-state index contributed by atoms with van der Waals surface area (Å²) in [4.78, 5) is 11.9. The third-order valence-electron chi connectivity index (χ3n) is 3.40. The van der Waals surface area contributed by atoms with Crippen LogP contribution in [0.25, 0.3) is 21.5 Å². The molecule has 3 aromatic carbocycles. The lowest BCUT2D eigenvalue weighted by Crippen LogP contribution is -2.28. The minimum atomic E-state index is -0.0782. The van der Waals surface area contributed by atoms with E-state index in [0.29, 0.717) is 18.7 Å². The molecule has 0 saturated carbocycles. The summed E-state index contributed by atoms with van der Waals surface area (Å²) in [5.41, 5.74) is 6.06. The largest absolute Gasteiger partial charge is 0.351 e. The molecule has 0 saturated heterocycles. The average molecular weight is 264 g/mol. The molecule has 20 heavy (non-hydrogen) atoms. The molecule has 0 bridgehead atoms. The predicted octanol–water partition coefficient (Wildman–Crippen LogP) is 2.68. The number of nitrogens with two attached hydrogens (primary N) is 1. The Morgan fingerprint density at radius 2 is 1.55 bits per heavy atom.